The largest absolute Gasteiger partial charge is 0.367 e. The van der Waals surface area contributed by atoms with E-state index in [4.69, 9.17) is 0 Å². The maximum absolute atomic E-state index is 13.6. The zero-order chi connectivity index (χ0) is 17.8. The van der Waals surface area contributed by atoms with E-state index in [9.17, 15) is 18.8 Å². The number of urea groups is 1. The lowest BCUT2D eigenvalue weighted by molar-refractivity contribution is 0.208. The van der Waals surface area contributed by atoms with Crippen LogP contribution in [0.25, 0.3) is 0 Å². The van der Waals surface area contributed by atoms with Crippen LogP contribution in [0.4, 0.5) is 25.0 Å². The molecule has 0 radical (unpaired) electrons. The molecule has 1 saturated heterocycles. The molecular weight excluding hydrogens is 326 g/mol. The highest BCUT2D eigenvalue weighted by Gasteiger charge is 2.24. The van der Waals surface area contributed by atoms with Crippen molar-refractivity contribution in [3.63, 3.8) is 0 Å². The van der Waals surface area contributed by atoms with Crippen LogP contribution in [0.15, 0.2) is 42.5 Å². The van der Waals surface area contributed by atoms with Crippen molar-refractivity contribution >= 4 is 17.4 Å². The van der Waals surface area contributed by atoms with Crippen LogP contribution in [0.2, 0.25) is 0 Å². The van der Waals surface area contributed by atoms with E-state index in [2.05, 4.69) is 11.4 Å². The lowest BCUT2D eigenvalue weighted by atomic mass is 10.1. The predicted octanol–water partition coefficient (Wildman–Crippen LogP) is 3.19. The van der Waals surface area contributed by atoms with Crippen molar-refractivity contribution in [3.05, 3.63) is 59.7 Å². The number of halogens is 2. The topological polar surface area (TPSA) is 59.4 Å². The molecule has 3 rings (SSSR count). The van der Waals surface area contributed by atoms with Crippen LogP contribution in [-0.2, 0) is 0 Å². The predicted molar refractivity (Wildman–Crippen MR) is 90.3 cm³/mol. The van der Waals surface area contributed by atoms with E-state index in [1.54, 1.807) is 12.1 Å². The van der Waals surface area contributed by atoms with E-state index in [1.165, 1.54) is 11.0 Å². The van der Waals surface area contributed by atoms with Gasteiger partial charge in [-0.25, -0.2) is 13.6 Å². The molecule has 128 valence electrons. The third-order valence-corrected chi connectivity index (χ3v) is 4.13. The first kappa shape index (κ1) is 16.7. The van der Waals surface area contributed by atoms with Gasteiger partial charge in [-0.2, -0.15) is 5.26 Å². The average Bonchev–Trinajstić information content (AvgIpc) is 2.65. The molecule has 1 fully saturated rings. The van der Waals surface area contributed by atoms with E-state index < -0.39 is 23.4 Å². The third kappa shape index (κ3) is 3.53. The summed E-state index contributed by atoms with van der Waals surface area (Å²) in [5.74, 6) is -1.62. The van der Waals surface area contributed by atoms with Gasteiger partial charge in [0.1, 0.15) is 23.4 Å². The zero-order valence-electron chi connectivity index (χ0n) is 13.4. The second kappa shape index (κ2) is 7.18. The number of para-hydroxylation sites is 2. The molecule has 0 atom stereocenters. The first-order valence-corrected chi connectivity index (χ1v) is 7.84. The van der Waals surface area contributed by atoms with Crippen molar-refractivity contribution in [3.8, 4) is 6.07 Å². The molecule has 0 aliphatic carbocycles. The maximum Gasteiger partial charge on any atom is 0.322 e. The fourth-order valence-corrected chi connectivity index (χ4v) is 2.80. The van der Waals surface area contributed by atoms with Crippen LogP contribution in [-0.4, -0.2) is 37.1 Å². The summed E-state index contributed by atoms with van der Waals surface area (Å²) in [6.07, 6.45) is 0. The number of anilines is 2. The van der Waals surface area contributed by atoms with Gasteiger partial charge in [0.25, 0.3) is 0 Å². The number of carbonyl (C=O) groups excluding carboxylic acids is 1. The first-order valence-electron chi connectivity index (χ1n) is 7.84. The molecule has 0 unspecified atom stereocenters. The Balaban J connectivity index is 1.64. The Morgan fingerprint density at radius 2 is 1.64 bits per heavy atom. The molecular formula is C18H16F2N4O. The number of carbonyl (C=O) groups is 1. The molecule has 5 nitrogen and oxygen atoms in total. The quantitative estimate of drug-likeness (QED) is 0.912. The molecule has 0 aromatic heterocycles. The summed E-state index contributed by atoms with van der Waals surface area (Å²) in [7, 11) is 0. The Hall–Kier alpha value is -3.14. The third-order valence-electron chi connectivity index (χ3n) is 4.13. The molecule has 0 saturated carbocycles. The molecule has 1 aliphatic heterocycles. The molecule has 7 heteroatoms. The summed E-state index contributed by atoms with van der Waals surface area (Å²) >= 11 is 0. The fourth-order valence-electron chi connectivity index (χ4n) is 2.80. The number of hydrogen-bond donors (Lipinski definition) is 1. The highest BCUT2D eigenvalue weighted by molar-refractivity contribution is 5.89. The van der Waals surface area contributed by atoms with Crippen molar-refractivity contribution in [2.75, 3.05) is 36.4 Å². The van der Waals surface area contributed by atoms with Crippen LogP contribution < -0.4 is 10.2 Å². The minimum absolute atomic E-state index is 0.391. The lowest BCUT2D eigenvalue weighted by Crippen LogP contribution is -2.50. The smallest absolute Gasteiger partial charge is 0.322 e. The fraction of sp³-hybridized carbons (Fsp3) is 0.222. The van der Waals surface area contributed by atoms with Crippen LogP contribution >= 0.6 is 0 Å². The summed E-state index contributed by atoms with van der Waals surface area (Å²) in [5, 5.41) is 11.5. The number of nitriles is 1. The van der Waals surface area contributed by atoms with Crippen LogP contribution in [0.1, 0.15) is 5.56 Å². The Morgan fingerprint density at radius 1 is 1.00 bits per heavy atom. The Labute approximate surface area is 144 Å². The van der Waals surface area contributed by atoms with Gasteiger partial charge in [0.2, 0.25) is 0 Å². The normalized spacial score (nSPS) is 14.1. The molecule has 1 N–H and O–H groups in total. The second-order valence-electron chi connectivity index (χ2n) is 5.63. The molecule has 2 aromatic rings. The van der Waals surface area contributed by atoms with E-state index in [0.29, 0.717) is 31.7 Å². The summed E-state index contributed by atoms with van der Waals surface area (Å²) in [6.45, 7) is 1.85. The number of amides is 2. The van der Waals surface area contributed by atoms with Crippen LogP contribution in [0.3, 0.4) is 0 Å². The highest BCUT2D eigenvalue weighted by Crippen LogP contribution is 2.22. The summed E-state index contributed by atoms with van der Waals surface area (Å²) in [4.78, 5) is 15.8. The number of rotatable bonds is 2. The van der Waals surface area contributed by atoms with Crippen LogP contribution in [0, 0.1) is 23.0 Å². The number of nitrogens with zero attached hydrogens (tertiary/aromatic N) is 3. The molecule has 1 heterocycles. The van der Waals surface area contributed by atoms with Crippen molar-refractivity contribution in [1.82, 2.24) is 4.90 Å². The van der Waals surface area contributed by atoms with E-state index >= 15 is 0 Å². The minimum Gasteiger partial charge on any atom is -0.367 e. The van der Waals surface area contributed by atoms with Gasteiger partial charge in [0.05, 0.1) is 11.3 Å². The van der Waals surface area contributed by atoms with Crippen molar-refractivity contribution in [2.45, 2.75) is 0 Å². The van der Waals surface area contributed by atoms with Gasteiger partial charge >= 0.3 is 6.03 Å². The average molecular weight is 342 g/mol. The van der Waals surface area contributed by atoms with E-state index in [1.807, 2.05) is 17.0 Å². The van der Waals surface area contributed by atoms with Gasteiger partial charge in [-0.1, -0.05) is 18.2 Å². The van der Waals surface area contributed by atoms with Gasteiger partial charge in [0, 0.05) is 26.2 Å². The maximum atomic E-state index is 13.6. The molecule has 0 bridgehead atoms. The Morgan fingerprint density at radius 3 is 2.28 bits per heavy atom. The zero-order valence-corrected chi connectivity index (χ0v) is 13.4. The van der Waals surface area contributed by atoms with Crippen molar-refractivity contribution in [1.29, 1.82) is 5.26 Å². The molecule has 1 aliphatic rings. The van der Waals surface area contributed by atoms with Gasteiger partial charge in [-0.3, -0.25) is 0 Å². The summed E-state index contributed by atoms with van der Waals surface area (Å²) in [6, 6.07) is 12.3. The first-order chi connectivity index (χ1) is 12.1. The van der Waals surface area contributed by atoms with Gasteiger partial charge in [0.15, 0.2) is 0 Å². The monoisotopic (exact) mass is 342 g/mol. The Kier molecular flexibility index (Phi) is 4.80. The number of benzene rings is 2. The SMILES string of the molecule is N#Cc1ccccc1N1CCN(C(=O)Nc2c(F)cccc2F)CC1. The van der Waals surface area contributed by atoms with Gasteiger partial charge in [-0.15, -0.1) is 0 Å². The number of nitrogens with one attached hydrogen (secondary N) is 1. The standard InChI is InChI=1S/C18H16F2N4O/c19-14-5-3-6-15(20)17(14)22-18(25)24-10-8-23(9-11-24)16-7-2-1-4-13(16)12-21/h1-7H,8-11H2,(H,22,25). The van der Waals surface area contributed by atoms with Crippen molar-refractivity contribution < 1.29 is 13.6 Å². The van der Waals surface area contributed by atoms with Gasteiger partial charge in [-0.05, 0) is 24.3 Å². The minimum atomic E-state index is -0.810. The van der Waals surface area contributed by atoms with Crippen LogP contribution in [0.5, 0.6) is 0 Å². The molecule has 2 amide bonds. The molecule has 0 spiro atoms. The second-order valence-corrected chi connectivity index (χ2v) is 5.63. The van der Waals surface area contributed by atoms with E-state index in [0.717, 1.165) is 17.8 Å². The van der Waals surface area contributed by atoms with Gasteiger partial charge < -0.3 is 15.1 Å². The number of hydrogen-bond acceptors (Lipinski definition) is 3. The lowest BCUT2D eigenvalue weighted by Gasteiger charge is -2.36. The number of piperazine rings is 1. The van der Waals surface area contributed by atoms with Crippen molar-refractivity contribution in [2.24, 2.45) is 0 Å². The van der Waals surface area contributed by atoms with E-state index in [-0.39, 0.29) is 0 Å². The molecule has 2 aromatic carbocycles. The highest BCUT2D eigenvalue weighted by atomic mass is 19.1. The summed E-state index contributed by atoms with van der Waals surface area (Å²) < 4.78 is 27.3. The Bertz CT molecular complexity index is 806. The summed E-state index contributed by atoms with van der Waals surface area (Å²) in [5.41, 5.74) is 0.962. The molecule has 25 heavy (non-hydrogen) atoms.